The normalized spacial score (nSPS) is 22.7. The standard InChI is InChI=1S/C19H27N5O/c1-22-8-4-16(14-22)18(25)21-17-3-5-19(17)6-9-24(10-7-19)13-15-11-20-23(2)12-15/h4,8,11-12,14,17H,3,5-7,9-10,13H2,1-2H3,(H,21,25). The van der Waals surface area contributed by atoms with Crippen molar-refractivity contribution in [1.29, 1.82) is 0 Å². The van der Waals surface area contributed by atoms with Gasteiger partial charge in [-0.1, -0.05) is 0 Å². The molecule has 1 unspecified atom stereocenters. The van der Waals surface area contributed by atoms with Crippen LogP contribution >= 0.6 is 0 Å². The third kappa shape index (κ3) is 3.23. The van der Waals surface area contributed by atoms with E-state index in [0.717, 1.165) is 31.6 Å². The van der Waals surface area contributed by atoms with Crippen molar-refractivity contribution in [2.45, 2.75) is 38.3 Å². The minimum absolute atomic E-state index is 0.0717. The van der Waals surface area contributed by atoms with Crippen LogP contribution in [0, 0.1) is 5.41 Å². The highest BCUT2D eigenvalue weighted by molar-refractivity contribution is 5.94. The zero-order valence-electron chi connectivity index (χ0n) is 15.1. The van der Waals surface area contributed by atoms with E-state index in [9.17, 15) is 4.79 Å². The number of rotatable bonds is 4. The molecule has 1 atom stereocenters. The van der Waals surface area contributed by atoms with Crippen LogP contribution < -0.4 is 5.32 Å². The zero-order chi connectivity index (χ0) is 17.4. The Morgan fingerprint density at radius 1 is 1.28 bits per heavy atom. The van der Waals surface area contributed by atoms with Gasteiger partial charge in [-0.3, -0.25) is 14.4 Å². The molecule has 1 saturated heterocycles. The first-order valence-corrected chi connectivity index (χ1v) is 9.17. The monoisotopic (exact) mass is 341 g/mol. The average Bonchev–Trinajstić information content (AvgIpc) is 3.20. The van der Waals surface area contributed by atoms with Gasteiger partial charge in [-0.05, 0) is 50.3 Å². The molecule has 1 N–H and O–H groups in total. The number of aryl methyl sites for hydroxylation is 2. The van der Waals surface area contributed by atoms with Crippen LogP contribution in [0.1, 0.15) is 41.6 Å². The van der Waals surface area contributed by atoms with Crippen LogP contribution in [0.4, 0.5) is 0 Å². The van der Waals surface area contributed by atoms with E-state index in [1.165, 1.54) is 24.8 Å². The van der Waals surface area contributed by atoms with Gasteiger partial charge in [0.2, 0.25) is 0 Å². The molecule has 1 aliphatic carbocycles. The number of nitrogens with zero attached hydrogens (tertiary/aromatic N) is 4. The number of hydrogen-bond acceptors (Lipinski definition) is 3. The second kappa shape index (κ2) is 6.33. The molecule has 2 fully saturated rings. The molecule has 0 radical (unpaired) electrons. The van der Waals surface area contributed by atoms with E-state index in [1.807, 2.05) is 48.0 Å². The lowest BCUT2D eigenvalue weighted by atomic mass is 9.59. The Hall–Kier alpha value is -2.08. The van der Waals surface area contributed by atoms with Crippen LogP contribution in [0.25, 0.3) is 0 Å². The lowest BCUT2D eigenvalue weighted by molar-refractivity contribution is -0.00710. The molecule has 3 heterocycles. The van der Waals surface area contributed by atoms with E-state index in [-0.39, 0.29) is 5.91 Å². The number of amides is 1. The molecule has 25 heavy (non-hydrogen) atoms. The minimum atomic E-state index is 0.0717. The highest BCUT2D eigenvalue weighted by atomic mass is 16.1. The minimum Gasteiger partial charge on any atom is -0.356 e. The van der Waals surface area contributed by atoms with Gasteiger partial charge in [-0.15, -0.1) is 0 Å². The summed E-state index contributed by atoms with van der Waals surface area (Å²) in [5.74, 6) is 0.0717. The first-order valence-electron chi connectivity index (χ1n) is 9.17. The van der Waals surface area contributed by atoms with E-state index in [1.54, 1.807) is 0 Å². The predicted molar refractivity (Wildman–Crippen MR) is 96.1 cm³/mol. The Balaban J connectivity index is 1.32. The fraction of sp³-hybridized carbons (Fsp3) is 0.579. The number of likely N-dealkylation sites (tertiary alicyclic amines) is 1. The summed E-state index contributed by atoms with van der Waals surface area (Å²) in [7, 11) is 3.91. The van der Waals surface area contributed by atoms with Gasteiger partial charge in [0.1, 0.15) is 0 Å². The van der Waals surface area contributed by atoms with E-state index in [4.69, 9.17) is 0 Å². The molecule has 1 amide bonds. The van der Waals surface area contributed by atoms with Crippen LogP contribution in [-0.4, -0.2) is 44.3 Å². The van der Waals surface area contributed by atoms with Crippen molar-refractivity contribution < 1.29 is 4.79 Å². The van der Waals surface area contributed by atoms with Crippen molar-refractivity contribution in [3.63, 3.8) is 0 Å². The average molecular weight is 341 g/mol. The Bertz CT molecular complexity index is 753. The smallest absolute Gasteiger partial charge is 0.253 e. The quantitative estimate of drug-likeness (QED) is 0.925. The highest BCUT2D eigenvalue weighted by Gasteiger charge is 2.48. The molecule has 6 heteroatoms. The van der Waals surface area contributed by atoms with Gasteiger partial charge in [0, 0.05) is 50.8 Å². The molecule has 2 aliphatic rings. The first-order chi connectivity index (χ1) is 12.0. The van der Waals surface area contributed by atoms with Crippen LogP contribution in [0.2, 0.25) is 0 Å². The van der Waals surface area contributed by atoms with E-state index in [2.05, 4.69) is 21.5 Å². The molecular weight excluding hydrogens is 314 g/mol. The largest absolute Gasteiger partial charge is 0.356 e. The Labute approximate surface area is 148 Å². The zero-order valence-corrected chi connectivity index (χ0v) is 15.1. The fourth-order valence-corrected chi connectivity index (χ4v) is 4.37. The van der Waals surface area contributed by atoms with Gasteiger partial charge >= 0.3 is 0 Å². The molecule has 2 aromatic rings. The summed E-state index contributed by atoms with van der Waals surface area (Å²) >= 11 is 0. The van der Waals surface area contributed by atoms with Gasteiger partial charge in [0.25, 0.3) is 5.91 Å². The first kappa shape index (κ1) is 16.4. The Morgan fingerprint density at radius 2 is 2.08 bits per heavy atom. The number of aromatic nitrogens is 3. The second-order valence-corrected chi connectivity index (χ2v) is 7.79. The molecule has 1 spiro atoms. The van der Waals surface area contributed by atoms with Gasteiger partial charge in [-0.25, -0.2) is 0 Å². The summed E-state index contributed by atoms with van der Waals surface area (Å²) in [6, 6.07) is 2.22. The van der Waals surface area contributed by atoms with Crippen molar-refractivity contribution >= 4 is 5.91 Å². The maximum absolute atomic E-state index is 12.5. The predicted octanol–water partition coefficient (Wildman–Crippen LogP) is 1.93. The Kier molecular flexibility index (Phi) is 4.15. The Morgan fingerprint density at radius 3 is 2.64 bits per heavy atom. The van der Waals surface area contributed by atoms with Crippen molar-refractivity contribution in [3.8, 4) is 0 Å². The molecule has 1 aliphatic heterocycles. The van der Waals surface area contributed by atoms with Crippen LogP contribution in [0.5, 0.6) is 0 Å². The van der Waals surface area contributed by atoms with Crippen LogP contribution in [0.3, 0.4) is 0 Å². The third-order valence-electron chi connectivity index (χ3n) is 6.09. The lowest BCUT2D eigenvalue weighted by Crippen LogP contribution is -2.59. The lowest BCUT2D eigenvalue weighted by Gasteiger charge is -2.54. The SMILES string of the molecule is Cn1ccc(C(=O)NC2CCC23CCN(Cc2cnn(C)c2)CC3)c1. The van der Waals surface area contributed by atoms with Crippen LogP contribution in [0.15, 0.2) is 30.9 Å². The maximum atomic E-state index is 12.5. The summed E-state index contributed by atoms with van der Waals surface area (Å²) in [5.41, 5.74) is 2.36. The van der Waals surface area contributed by atoms with Gasteiger partial charge in [0.05, 0.1) is 11.8 Å². The van der Waals surface area contributed by atoms with E-state index in [0.29, 0.717) is 11.5 Å². The van der Waals surface area contributed by atoms with Crippen LogP contribution in [-0.2, 0) is 20.6 Å². The summed E-state index contributed by atoms with van der Waals surface area (Å²) in [4.78, 5) is 15.0. The topological polar surface area (TPSA) is 55.1 Å². The number of piperidine rings is 1. The molecule has 6 nitrogen and oxygen atoms in total. The van der Waals surface area contributed by atoms with Gasteiger partial charge in [0.15, 0.2) is 0 Å². The van der Waals surface area contributed by atoms with Crippen molar-refractivity contribution in [3.05, 3.63) is 42.0 Å². The molecular formula is C19H27N5O. The number of hydrogen-bond donors (Lipinski definition) is 1. The van der Waals surface area contributed by atoms with Crippen molar-refractivity contribution in [2.75, 3.05) is 13.1 Å². The fourth-order valence-electron chi connectivity index (χ4n) is 4.37. The van der Waals surface area contributed by atoms with Crippen molar-refractivity contribution in [2.24, 2.45) is 19.5 Å². The molecule has 1 saturated carbocycles. The van der Waals surface area contributed by atoms with Gasteiger partial charge in [-0.2, -0.15) is 5.10 Å². The summed E-state index contributed by atoms with van der Waals surface area (Å²) in [6.45, 7) is 3.18. The molecule has 0 bridgehead atoms. The number of carbonyl (C=O) groups excluding carboxylic acids is 1. The van der Waals surface area contributed by atoms with Gasteiger partial charge < -0.3 is 9.88 Å². The second-order valence-electron chi connectivity index (χ2n) is 7.79. The van der Waals surface area contributed by atoms with E-state index < -0.39 is 0 Å². The third-order valence-corrected chi connectivity index (χ3v) is 6.09. The molecule has 4 rings (SSSR count). The maximum Gasteiger partial charge on any atom is 0.253 e. The van der Waals surface area contributed by atoms with E-state index >= 15 is 0 Å². The summed E-state index contributed by atoms with van der Waals surface area (Å²) in [6.07, 6.45) is 12.6. The molecule has 134 valence electrons. The number of nitrogens with one attached hydrogen (secondary N) is 1. The number of carbonyl (C=O) groups is 1. The molecule has 0 aromatic carbocycles. The summed E-state index contributed by atoms with van der Waals surface area (Å²) < 4.78 is 3.78. The summed E-state index contributed by atoms with van der Waals surface area (Å²) in [5, 5.41) is 7.54. The van der Waals surface area contributed by atoms with Crippen molar-refractivity contribution in [1.82, 2.24) is 24.6 Å². The molecule has 2 aromatic heterocycles. The highest BCUT2D eigenvalue weighted by Crippen LogP contribution is 2.49.